The van der Waals surface area contributed by atoms with Crippen LogP contribution in [0.1, 0.15) is 24.8 Å². The van der Waals surface area contributed by atoms with Crippen LogP contribution < -0.4 is 9.64 Å². The second-order valence-electron chi connectivity index (χ2n) is 7.93. The molecule has 3 aromatic rings. The summed E-state index contributed by atoms with van der Waals surface area (Å²) in [4.78, 5) is 19.4. The number of alkyl halides is 2. The van der Waals surface area contributed by atoms with E-state index in [1.54, 1.807) is 24.1 Å². The number of hydrogen-bond donors (Lipinski definition) is 0. The lowest BCUT2D eigenvalue weighted by molar-refractivity contribution is 0.116. The smallest absolute Gasteiger partial charge is 0.324 e. The van der Waals surface area contributed by atoms with Crippen LogP contribution in [0.15, 0.2) is 52.9 Å². The maximum atomic E-state index is 13.5. The summed E-state index contributed by atoms with van der Waals surface area (Å²) in [6.45, 7) is 6.41. The zero-order valence-corrected chi connectivity index (χ0v) is 19.2. The molecule has 180 valence electrons. The SMILES string of the molecule is CCN1CCN(C(=O)N(Cc2ccc(-c3nnc(C(F)F)o3)cc2)c2cccc(OC)c2)CC1. The van der Waals surface area contributed by atoms with Crippen LogP contribution >= 0.6 is 0 Å². The minimum Gasteiger partial charge on any atom is -0.497 e. The van der Waals surface area contributed by atoms with Gasteiger partial charge in [0.25, 0.3) is 5.89 Å². The van der Waals surface area contributed by atoms with Gasteiger partial charge in [0.2, 0.25) is 5.89 Å². The Morgan fingerprint density at radius 2 is 1.85 bits per heavy atom. The van der Waals surface area contributed by atoms with Gasteiger partial charge in [-0.3, -0.25) is 4.90 Å². The van der Waals surface area contributed by atoms with Crippen molar-refractivity contribution in [1.29, 1.82) is 0 Å². The minimum atomic E-state index is -2.82. The largest absolute Gasteiger partial charge is 0.497 e. The molecular formula is C24H27F2N5O3. The van der Waals surface area contributed by atoms with Gasteiger partial charge in [-0.05, 0) is 36.4 Å². The van der Waals surface area contributed by atoms with Gasteiger partial charge in [-0.25, -0.2) is 4.79 Å². The molecule has 0 saturated carbocycles. The van der Waals surface area contributed by atoms with Crippen molar-refractivity contribution in [1.82, 2.24) is 20.0 Å². The Morgan fingerprint density at radius 1 is 1.12 bits per heavy atom. The first kappa shape index (κ1) is 23.6. The lowest BCUT2D eigenvalue weighted by Crippen LogP contribution is -2.52. The van der Waals surface area contributed by atoms with E-state index in [1.807, 2.05) is 41.3 Å². The Balaban J connectivity index is 1.55. The second-order valence-corrected chi connectivity index (χ2v) is 7.93. The van der Waals surface area contributed by atoms with Crippen LogP contribution in [0.5, 0.6) is 5.75 Å². The molecule has 0 unspecified atom stereocenters. The Morgan fingerprint density at radius 3 is 2.47 bits per heavy atom. The molecule has 1 aliphatic rings. The number of aromatic nitrogens is 2. The molecule has 0 spiro atoms. The molecule has 1 aliphatic heterocycles. The fourth-order valence-corrected chi connectivity index (χ4v) is 3.85. The number of carbonyl (C=O) groups is 1. The van der Waals surface area contributed by atoms with E-state index in [0.29, 0.717) is 30.9 Å². The summed E-state index contributed by atoms with van der Waals surface area (Å²) in [5.41, 5.74) is 2.11. The highest BCUT2D eigenvalue weighted by Gasteiger charge is 2.26. The second kappa shape index (κ2) is 10.6. The number of amides is 2. The third-order valence-corrected chi connectivity index (χ3v) is 5.85. The maximum Gasteiger partial charge on any atom is 0.324 e. The van der Waals surface area contributed by atoms with Gasteiger partial charge in [0.15, 0.2) is 0 Å². The fraction of sp³-hybridized carbons (Fsp3) is 0.375. The zero-order valence-electron chi connectivity index (χ0n) is 19.2. The van der Waals surface area contributed by atoms with Gasteiger partial charge in [0.05, 0.1) is 13.7 Å². The van der Waals surface area contributed by atoms with Crippen molar-refractivity contribution in [2.75, 3.05) is 44.7 Å². The van der Waals surface area contributed by atoms with Gasteiger partial charge in [-0.2, -0.15) is 8.78 Å². The van der Waals surface area contributed by atoms with Crippen LogP contribution in [0, 0.1) is 0 Å². The summed E-state index contributed by atoms with van der Waals surface area (Å²) in [5.74, 6) is -0.0268. The predicted octanol–water partition coefficient (Wildman–Crippen LogP) is 4.45. The highest BCUT2D eigenvalue weighted by atomic mass is 19.3. The van der Waals surface area contributed by atoms with E-state index in [1.165, 1.54) is 0 Å². The molecule has 0 aliphatic carbocycles. The molecule has 2 amide bonds. The molecule has 0 bridgehead atoms. The summed E-state index contributed by atoms with van der Waals surface area (Å²) in [6, 6.07) is 14.4. The first-order valence-electron chi connectivity index (χ1n) is 11.1. The average Bonchev–Trinajstić information content (AvgIpc) is 3.38. The number of nitrogens with zero attached hydrogens (tertiary/aromatic N) is 5. The Labute approximate surface area is 196 Å². The van der Waals surface area contributed by atoms with E-state index >= 15 is 0 Å². The Hall–Kier alpha value is -3.53. The number of carbonyl (C=O) groups excluding carboxylic acids is 1. The van der Waals surface area contributed by atoms with Crippen LogP contribution in [0.4, 0.5) is 19.3 Å². The van der Waals surface area contributed by atoms with Crippen LogP contribution in [0.2, 0.25) is 0 Å². The van der Waals surface area contributed by atoms with Gasteiger partial charge in [-0.15, -0.1) is 10.2 Å². The van der Waals surface area contributed by atoms with Crippen molar-refractivity contribution in [3.05, 3.63) is 60.0 Å². The summed E-state index contributed by atoms with van der Waals surface area (Å²) >= 11 is 0. The number of anilines is 1. The van der Waals surface area contributed by atoms with E-state index < -0.39 is 12.3 Å². The molecule has 1 aromatic heterocycles. The fourth-order valence-electron chi connectivity index (χ4n) is 3.85. The number of hydrogen-bond acceptors (Lipinski definition) is 6. The van der Waals surface area contributed by atoms with Gasteiger partial charge in [-0.1, -0.05) is 25.1 Å². The molecule has 1 saturated heterocycles. The number of ether oxygens (including phenoxy) is 1. The van der Waals surface area contributed by atoms with Gasteiger partial charge in [0.1, 0.15) is 5.75 Å². The molecular weight excluding hydrogens is 444 g/mol. The number of likely N-dealkylation sites (N-methyl/N-ethyl adjacent to an activating group) is 1. The quantitative estimate of drug-likeness (QED) is 0.507. The van der Waals surface area contributed by atoms with Gasteiger partial charge in [0, 0.05) is 43.5 Å². The molecule has 34 heavy (non-hydrogen) atoms. The van der Waals surface area contributed by atoms with Crippen molar-refractivity contribution in [2.45, 2.75) is 19.9 Å². The summed E-state index contributed by atoms with van der Waals surface area (Å²) in [5, 5.41) is 7.05. The zero-order chi connectivity index (χ0) is 24.1. The van der Waals surface area contributed by atoms with Crippen LogP contribution in [-0.2, 0) is 6.54 Å². The Kier molecular flexibility index (Phi) is 7.36. The summed E-state index contributed by atoms with van der Waals surface area (Å²) < 4.78 is 35.9. The van der Waals surface area contributed by atoms with Crippen LogP contribution in [0.25, 0.3) is 11.5 Å². The highest BCUT2D eigenvalue weighted by Crippen LogP contribution is 2.27. The van der Waals surface area contributed by atoms with Crippen molar-refractivity contribution in [3.63, 3.8) is 0 Å². The third-order valence-electron chi connectivity index (χ3n) is 5.85. The molecule has 8 nitrogen and oxygen atoms in total. The normalized spacial score (nSPS) is 14.4. The molecule has 1 fully saturated rings. The van der Waals surface area contributed by atoms with E-state index in [-0.39, 0.29) is 11.9 Å². The summed E-state index contributed by atoms with van der Waals surface area (Å²) in [6.07, 6.45) is -2.82. The van der Waals surface area contributed by atoms with Gasteiger partial charge >= 0.3 is 12.5 Å². The van der Waals surface area contributed by atoms with E-state index in [2.05, 4.69) is 22.0 Å². The number of rotatable bonds is 7. The molecule has 0 atom stereocenters. The monoisotopic (exact) mass is 471 g/mol. The van der Waals surface area contributed by atoms with Crippen molar-refractivity contribution < 1.29 is 22.7 Å². The topological polar surface area (TPSA) is 74.9 Å². The maximum absolute atomic E-state index is 13.5. The van der Waals surface area contributed by atoms with Crippen LogP contribution in [-0.4, -0.2) is 65.9 Å². The Bertz CT molecular complexity index is 1100. The molecule has 10 heteroatoms. The van der Waals surface area contributed by atoms with Crippen molar-refractivity contribution in [2.24, 2.45) is 0 Å². The van der Waals surface area contributed by atoms with Crippen molar-refractivity contribution in [3.8, 4) is 17.2 Å². The first-order chi connectivity index (χ1) is 16.5. The lowest BCUT2D eigenvalue weighted by atomic mass is 10.1. The number of urea groups is 1. The molecule has 2 aromatic carbocycles. The lowest BCUT2D eigenvalue weighted by Gasteiger charge is -2.37. The number of methoxy groups -OCH3 is 1. The minimum absolute atomic E-state index is 0.0244. The number of benzene rings is 2. The predicted molar refractivity (Wildman–Crippen MR) is 123 cm³/mol. The molecule has 4 rings (SSSR count). The average molecular weight is 472 g/mol. The van der Waals surface area contributed by atoms with Crippen molar-refractivity contribution >= 4 is 11.7 Å². The third kappa shape index (κ3) is 5.33. The molecule has 0 N–H and O–H groups in total. The number of halogens is 2. The van der Waals surface area contributed by atoms with E-state index in [9.17, 15) is 13.6 Å². The van der Waals surface area contributed by atoms with E-state index in [0.717, 1.165) is 30.9 Å². The van der Waals surface area contributed by atoms with Gasteiger partial charge < -0.3 is 19.0 Å². The first-order valence-corrected chi connectivity index (χ1v) is 11.1. The number of piperazine rings is 1. The standard InChI is InChI=1S/C24H27F2N5O3/c1-3-29-11-13-30(14-12-29)24(32)31(19-5-4-6-20(15-19)33-2)16-17-7-9-18(10-8-17)22-27-28-23(34-22)21(25)26/h4-10,15,21H,3,11-14,16H2,1-2H3. The molecule has 2 heterocycles. The highest BCUT2D eigenvalue weighted by molar-refractivity contribution is 5.92. The van der Waals surface area contributed by atoms with Crippen LogP contribution in [0.3, 0.4) is 0 Å². The summed E-state index contributed by atoms with van der Waals surface area (Å²) in [7, 11) is 1.59. The molecule has 0 radical (unpaired) electrons. The van der Waals surface area contributed by atoms with E-state index in [4.69, 9.17) is 9.15 Å².